The second-order valence-electron chi connectivity index (χ2n) is 10.7. The lowest BCUT2D eigenvalue weighted by molar-refractivity contribution is -0.130. The molecule has 1 atom stereocenters. The van der Waals surface area contributed by atoms with E-state index in [1.165, 1.54) is 0 Å². The predicted octanol–water partition coefficient (Wildman–Crippen LogP) is 5.53. The highest BCUT2D eigenvalue weighted by molar-refractivity contribution is 6.32. The van der Waals surface area contributed by atoms with Gasteiger partial charge in [0.1, 0.15) is 23.7 Å². The molecule has 2 aliphatic rings. The number of benzene rings is 2. The third-order valence-corrected chi connectivity index (χ3v) is 7.97. The summed E-state index contributed by atoms with van der Waals surface area (Å²) < 4.78 is 12.0. The summed E-state index contributed by atoms with van der Waals surface area (Å²) >= 11 is 6.28. The molecule has 6 nitrogen and oxygen atoms in total. The number of halogens is 1. The zero-order valence-corrected chi connectivity index (χ0v) is 23.1. The largest absolute Gasteiger partial charge is 0.494 e. The van der Waals surface area contributed by atoms with Crippen LogP contribution in [0.5, 0.6) is 11.5 Å². The SMILES string of the molecule is Cc1cc(OCC2(O)CCCN(Cc3cccc(OCCCN4CCCCCC4=O)c3)C2)cc(C)c1Cl. The van der Waals surface area contributed by atoms with Crippen molar-refractivity contribution in [2.24, 2.45) is 0 Å². The van der Waals surface area contributed by atoms with E-state index in [1.54, 1.807) is 0 Å². The van der Waals surface area contributed by atoms with Gasteiger partial charge < -0.3 is 19.5 Å². The van der Waals surface area contributed by atoms with Crippen molar-refractivity contribution >= 4 is 17.5 Å². The number of likely N-dealkylation sites (tertiary alicyclic amines) is 2. The Kier molecular flexibility index (Phi) is 9.74. The van der Waals surface area contributed by atoms with E-state index in [4.69, 9.17) is 21.1 Å². The predicted molar refractivity (Wildman–Crippen MR) is 147 cm³/mol. The summed E-state index contributed by atoms with van der Waals surface area (Å²) in [7, 11) is 0. The van der Waals surface area contributed by atoms with Crippen molar-refractivity contribution in [3.8, 4) is 11.5 Å². The van der Waals surface area contributed by atoms with Crippen LogP contribution in [0.4, 0.5) is 0 Å². The Hall–Kier alpha value is -2.28. The monoisotopic (exact) mass is 528 g/mol. The maximum Gasteiger partial charge on any atom is 0.222 e. The number of rotatable bonds is 10. The third-order valence-electron chi connectivity index (χ3n) is 7.37. The van der Waals surface area contributed by atoms with Crippen molar-refractivity contribution in [3.05, 3.63) is 58.1 Å². The Balaban J connectivity index is 1.25. The minimum Gasteiger partial charge on any atom is -0.494 e. The van der Waals surface area contributed by atoms with Crippen LogP contribution in [0.3, 0.4) is 0 Å². The maximum absolute atomic E-state index is 12.2. The van der Waals surface area contributed by atoms with E-state index >= 15 is 0 Å². The molecule has 0 radical (unpaired) electrons. The molecule has 4 rings (SSSR count). The number of piperidine rings is 1. The summed E-state index contributed by atoms with van der Waals surface area (Å²) in [5.74, 6) is 1.88. The molecule has 0 aliphatic carbocycles. The van der Waals surface area contributed by atoms with Crippen molar-refractivity contribution in [3.63, 3.8) is 0 Å². The Labute approximate surface area is 226 Å². The molecule has 2 aliphatic heterocycles. The molecule has 2 aromatic rings. The van der Waals surface area contributed by atoms with Crippen molar-refractivity contribution in [1.82, 2.24) is 9.80 Å². The standard InChI is InChI=1S/C30H41ClN2O4/c1-23-17-27(18-24(2)29(23)31)37-22-30(35)12-7-13-32(21-30)20-25-9-6-10-26(19-25)36-16-8-15-33-14-5-3-4-11-28(33)34/h6,9-10,17-19,35H,3-5,7-8,11-16,20-22H2,1-2H3. The molecule has 2 fully saturated rings. The molecule has 0 spiro atoms. The Morgan fingerprint density at radius 2 is 1.81 bits per heavy atom. The summed E-state index contributed by atoms with van der Waals surface area (Å²) in [6, 6.07) is 12.0. The first-order valence-electron chi connectivity index (χ1n) is 13.7. The van der Waals surface area contributed by atoms with E-state index in [-0.39, 0.29) is 12.5 Å². The van der Waals surface area contributed by atoms with Crippen molar-refractivity contribution < 1.29 is 19.4 Å². The van der Waals surface area contributed by atoms with Gasteiger partial charge in [-0.1, -0.05) is 30.2 Å². The minimum atomic E-state index is -0.890. The molecule has 0 saturated carbocycles. The fourth-order valence-corrected chi connectivity index (χ4v) is 5.49. The number of β-amino-alcohol motifs (C(OH)–C–C–N with tert-alkyl or cyclic N) is 1. The number of carbonyl (C=O) groups is 1. The highest BCUT2D eigenvalue weighted by atomic mass is 35.5. The van der Waals surface area contributed by atoms with E-state index in [2.05, 4.69) is 17.0 Å². The highest BCUT2D eigenvalue weighted by Gasteiger charge is 2.34. The van der Waals surface area contributed by atoms with Gasteiger partial charge in [-0.05, 0) is 93.5 Å². The second-order valence-corrected chi connectivity index (χ2v) is 11.1. The summed E-state index contributed by atoms with van der Waals surface area (Å²) in [6.07, 6.45) is 6.42. The molecule has 1 amide bonds. The van der Waals surface area contributed by atoms with Gasteiger partial charge in [-0.3, -0.25) is 9.69 Å². The van der Waals surface area contributed by atoms with Crippen molar-refractivity contribution in [2.75, 3.05) is 39.4 Å². The first-order chi connectivity index (χ1) is 17.8. The highest BCUT2D eigenvalue weighted by Crippen LogP contribution is 2.29. The van der Waals surface area contributed by atoms with Gasteiger partial charge in [-0.2, -0.15) is 0 Å². The fourth-order valence-electron chi connectivity index (χ4n) is 5.38. The minimum absolute atomic E-state index is 0.257. The molecular weight excluding hydrogens is 488 g/mol. The number of hydrogen-bond acceptors (Lipinski definition) is 5. The Bertz CT molecular complexity index is 1040. The normalized spacial score (nSPS) is 21.1. The number of hydrogen-bond donors (Lipinski definition) is 1. The summed E-state index contributed by atoms with van der Waals surface area (Å²) in [5.41, 5.74) is 2.23. The van der Waals surface area contributed by atoms with Crippen LogP contribution in [0.1, 0.15) is 61.6 Å². The van der Waals surface area contributed by atoms with Gasteiger partial charge in [-0.15, -0.1) is 0 Å². The zero-order valence-electron chi connectivity index (χ0n) is 22.3. The molecule has 2 saturated heterocycles. The summed E-state index contributed by atoms with van der Waals surface area (Å²) in [6.45, 7) is 8.68. The second kappa shape index (κ2) is 13.0. The summed E-state index contributed by atoms with van der Waals surface area (Å²) in [5, 5.41) is 12.0. The molecule has 0 aromatic heterocycles. The average molecular weight is 529 g/mol. The lowest BCUT2D eigenvalue weighted by atomic mass is 9.93. The average Bonchev–Trinajstić information content (AvgIpc) is 3.08. The van der Waals surface area contributed by atoms with Gasteiger partial charge >= 0.3 is 0 Å². The topological polar surface area (TPSA) is 62.2 Å². The van der Waals surface area contributed by atoms with Crippen molar-refractivity contribution in [2.45, 2.75) is 70.9 Å². The van der Waals surface area contributed by atoms with Gasteiger partial charge in [0.05, 0.1) is 6.61 Å². The van der Waals surface area contributed by atoms with Crippen molar-refractivity contribution in [1.29, 1.82) is 0 Å². The first kappa shape index (κ1) is 27.7. The van der Waals surface area contributed by atoms with Crippen LogP contribution in [0.2, 0.25) is 5.02 Å². The van der Waals surface area contributed by atoms with Crippen LogP contribution in [-0.2, 0) is 11.3 Å². The molecule has 2 aromatic carbocycles. The van der Waals surface area contributed by atoms with E-state index in [9.17, 15) is 9.90 Å². The first-order valence-corrected chi connectivity index (χ1v) is 14.0. The molecule has 7 heteroatoms. The van der Waals surface area contributed by atoms with Gasteiger partial charge in [0.2, 0.25) is 5.91 Å². The van der Waals surface area contributed by atoms with E-state index in [0.717, 1.165) is 97.9 Å². The fraction of sp³-hybridized carbons (Fsp3) is 0.567. The van der Waals surface area contributed by atoms with E-state index < -0.39 is 5.60 Å². The number of aryl methyl sites for hydroxylation is 2. The molecule has 37 heavy (non-hydrogen) atoms. The lowest BCUT2D eigenvalue weighted by Crippen LogP contribution is -2.51. The molecular formula is C30H41ClN2O4. The maximum atomic E-state index is 12.2. The molecule has 1 unspecified atom stereocenters. The molecule has 0 bridgehead atoms. The molecule has 1 N–H and O–H groups in total. The lowest BCUT2D eigenvalue weighted by Gasteiger charge is -2.39. The number of carbonyl (C=O) groups excluding carboxylic acids is 1. The smallest absolute Gasteiger partial charge is 0.222 e. The summed E-state index contributed by atoms with van der Waals surface area (Å²) in [4.78, 5) is 16.4. The Morgan fingerprint density at radius 3 is 2.62 bits per heavy atom. The van der Waals surface area contributed by atoms with E-state index in [1.807, 2.05) is 43.0 Å². The molecule has 2 heterocycles. The van der Waals surface area contributed by atoms with Gasteiger partial charge in [0.25, 0.3) is 0 Å². The van der Waals surface area contributed by atoms with Crippen LogP contribution in [0.15, 0.2) is 36.4 Å². The number of nitrogens with zero attached hydrogens (tertiary/aromatic N) is 2. The quantitative estimate of drug-likeness (QED) is 0.410. The number of aliphatic hydroxyl groups is 1. The van der Waals surface area contributed by atoms with Gasteiger partial charge in [-0.25, -0.2) is 0 Å². The van der Waals surface area contributed by atoms with Crippen LogP contribution >= 0.6 is 11.6 Å². The number of ether oxygens (including phenoxy) is 2. The van der Waals surface area contributed by atoms with E-state index in [0.29, 0.717) is 19.6 Å². The third kappa shape index (κ3) is 8.10. The van der Waals surface area contributed by atoms with Crippen LogP contribution in [0.25, 0.3) is 0 Å². The van der Waals surface area contributed by atoms with Gasteiger partial charge in [0, 0.05) is 37.6 Å². The van der Waals surface area contributed by atoms with Crippen LogP contribution < -0.4 is 9.47 Å². The Morgan fingerprint density at radius 1 is 1.00 bits per heavy atom. The number of amides is 1. The van der Waals surface area contributed by atoms with Gasteiger partial charge in [0.15, 0.2) is 0 Å². The van der Waals surface area contributed by atoms with Crippen LogP contribution in [0, 0.1) is 13.8 Å². The zero-order chi connectivity index (χ0) is 26.3. The van der Waals surface area contributed by atoms with Crippen LogP contribution in [-0.4, -0.2) is 65.8 Å². The molecule has 202 valence electrons.